The zero-order valence-electron chi connectivity index (χ0n) is 8.76. The molecule has 2 N–H and O–H groups in total. The summed E-state index contributed by atoms with van der Waals surface area (Å²) in [6.07, 6.45) is 2.36. The molecule has 3 atom stereocenters. The molecule has 0 radical (unpaired) electrons. The number of piperidine rings is 1. The van der Waals surface area contributed by atoms with E-state index in [2.05, 4.69) is 4.90 Å². The molecule has 0 bridgehead atoms. The number of hydrogen-bond acceptors (Lipinski definition) is 4. The van der Waals surface area contributed by atoms with Gasteiger partial charge in [-0.15, -0.1) is 8.58 Å². The second kappa shape index (κ2) is 5.55. The Bertz CT molecular complexity index is 295. The van der Waals surface area contributed by atoms with Gasteiger partial charge in [0.15, 0.2) is 5.44 Å². The first-order valence-electron chi connectivity index (χ1n) is 4.96. The molecule has 0 saturated carbocycles. The van der Waals surface area contributed by atoms with E-state index in [0.717, 1.165) is 25.9 Å². The van der Waals surface area contributed by atoms with Gasteiger partial charge >= 0.3 is 0 Å². The van der Waals surface area contributed by atoms with Crippen LogP contribution in [-0.4, -0.2) is 60.4 Å². The van der Waals surface area contributed by atoms with Crippen LogP contribution in [0.15, 0.2) is 0 Å². The third-order valence-corrected chi connectivity index (χ3v) is 5.37. The van der Waals surface area contributed by atoms with Gasteiger partial charge < -0.3 is 10.0 Å². The average Bonchev–Trinajstić information content (AvgIpc) is 2.12. The van der Waals surface area contributed by atoms with Crippen molar-refractivity contribution in [3.8, 4) is 0 Å². The molecule has 1 aliphatic rings. The second-order valence-corrected chi connectivity index (χ2v) is 7.19. The molecule has 1 saturated heterocycles. The van der Waals surface area contributed by atoms with Crippen molar-refractivity contribution >= 4 is 18.7 Å². The second-order valence-electron chi connectivity index (χ2n) is 3.98. The molecule has 1 rings (SSSR count). The van der Waals surface area contributed by atoms with Gasteiger partial charge in [0.05, 0.1) is 0 Å². The highest BCUT2D eigenvalue weighted by Crippen LogP contribution is 2.28. The maximum absolute atomic E-state index is 10.6. The zero-order valence-corrected chi connectivity index (χ0v) is 10.6. The minimum Gasteiger partial charge on any atom is -0.375 e. The van der Waals surface area contributed by atoms with Crippen molar-refractivity contribution < 1.29 is 18.1 Å². The number of aliphatic hydroxyl groups excluding tert-OH is 1. The fourth-order valence-electron chi connectivity index (χ4n) is 1.71. The highest BCUT2D eigenvalue weighted by molar-refractivity contribution is 7.86. The Kier molecular flexibility index (Phi) is 4.93. The quantitative estimate of drug-likeness (QED) is 0.544. The molecule has 0 aromatic heterocycles. The molecule has 0 spiro atoms. The zero-order chi connectivity index (χ0) is 11.5. The van der Waals surface area contributed by atoms with Crippen LogP contribution in [-0.2, 0) is 10.1 Å². The predicted octanol–water partition coefficient (Wildman–Crippen LogP) is -0.0347. The van der Waals surface area contributed by atoms with Gasteiger partial charge in [0, 0.05) is 12.7 Å². The average molecular weight is 255 g/mol. The lowest BCUT2D eigenvalue weighted by Crippen LogP contribution is -2.34. The molecular formula is C8H18NO4PS. The molecule has 1 heterocycles. The van der Waals surface area contributed by atoms with E-state index in [4.69, 9.17) is 9.66 Å². The van der Waals surface area contributed by atoms with E-state index in [1.54, 1.807) is 0 Å². The molecule has 0 amide bonds. The van der Waals surface area contributed by atoms with E-state index in [-0.39, 0.29) is 6.16 Å². The van der Waals surface area contributed by atoms with Gasteiger partial charge in [0.25, 0.3) is 10.1 Å². The van der Waals surface area contributed by atoms with Crippen molar-refractivity contribution in [2.45, 2.75) is 23.9 Å². The minimum atomic E-state index is -4.27. The van der Waals surface area contributed by atoms with Gasteiger partial charge in [-0.25, -0.2) is 0 Å². The van der Waals surface area contributed by atoms with Crippen LogP contribution in [0, 0.1) is 0 Å². The molecule has 5 nitrogen and oxygen atoms in total. The fraction of sp³-hybridized carbons (Fsp3) is 1.00. The summed E-state index contributed by atoms with van der Waals surface area (Å²) >= 11 is 0. The molecular weight excluding hydrogens is 237 g/mol. The normalized spacial score (nSPS) is 27.3. The van der Waals surface area contributed by atoms with Crippen molar-refractivity contribution in [1.82, 2.24) is 4.90 Å². The Morgan fingerprint density at radius 3 is 2.80 bits per heavy atom. The maximum atomic E-state index is 10.6. The van der Waals surface area contributed by atoms with Crippen molar-refractivity contribution in [3.05, 3.63) is 0 Å². The summed E-state index contributed by atoms with van der Waals surface area (Å²) in [5, 5.41) is 9.14. The Hall–Kier alpha value is 0.260. The number of hydrogen-bond donors (Lipinski definition) is 2. The summed E-state index contributed by atoms with van der Waals surface area (Å²) in [5.74, 6) is 0. The van der Waals surface area contributed by atoms with Crippen LogP contribution in [0.3, 0.4) is 0 Å². The lowest BCUT2D eigenvalue weighted by molar-refractivity contribution is 0.253. The van der Waals surface area contributed by atoms with E-state index < -0.39 is 15.6 Å². The first-order chi connectivity index (χ1) is 6.89. The Labute approximate surface area is 92.4 Å². The molecule has 3 unspecified atom stereocenters. The highest BCUT2D eigenvalue weighted by atomic mass is 32.2. The lowest BCUT2D eigenvalue weighted by Gasteiger charge is -2.29. The number of likely N-dealkylation sites (tertiary alicyclic amines) is 1. The predicted molar refractivity (Wildman–Crippen MR) is 61.3 cm³/mol. The summed E-state index contributed by atoms with van der Waals surface area (Å²) in [7, 11) is -1.84. The van der Waals surface area contributed by atoms with E-state index in [1.807, 2.05) is 7.05 Å². The molecule has 1 aliphatic heterocycles. The van der Waals surface area contributed by atoms with E-state index in [1.165, 1.54) is 0 Å². The fourth-order valence-corrected chi connectivity index (χ4v) is 4.22. The van der Waals surface area contributed by atoms with Crippen molar-refractivity contribution in [1.29, 1.82) is 0 Å². The topological polar surface area (TPSA) is 77.8 Å². The summed E-state index contributed by atoms with van der Waals surface area (Å²) < 4.78 is 29.7. The third-order valence-electron chi connectivity index (χ3n) is 2.55. The van der Waals surface area contributed by atoms with Crippen LogP contribution < -0.4 is 0 Å². The SMILES string of the molecule is CN1CCCC(PCC(O)S(=O)(=O)O)C1. The summed E-state index contributed by atoms with van der Waals surface area (Å²) in [6, 6.07) is 0. The van der Waals surface area contributed by atoms with Crippen LogP contribution in [0.2, 0.25) is 0 Å². The van der Waals surface area contributed by atoms with Gasteiger partial charge in [-0.05, 0) is 32.1 Å². The molecule has 15 heavy (non-hydrogen) atoms. The van der Waals surface area contributed by atoms with Gasteiger partial charge in [-0.2, -0.15) is 8.42 Å². The molecule has 7 heteroatoms. The first-order valence-corrected chi connectivity index (χ1v) is 7.74. The monoisotopic (exact) mass is 255 g/mol. The Morgan fingerprint density at radius 2 is 2.27 bits per heavy atom. The number of nitrogens with zero attached hydrogens (tertiary/aromatic N) is 1. The molecule has 90 valence electrons. The van der Waals surface area contributed by atoms with Crippen molar-refractivity contribution in [2.75, 3.05) is 26.3 Å². The third kappa shape index (κ3) is 4.74. The van der Waals surface area contributed by atoms with E-state index in [9.17, 15) is 8.42 Å². The van der Waals surface area contributed by atoms with E-state index >= 15 is 0 Å². The Morgan fingerprint density at radius 1 is 1.60 bits per heavy atom. The Balaban J connectivity index is 2.31. The standard InChI is InChI=1S/C8H18NO4PS/c1-9-4-2-3-7(5-9)14-6-8(10)15(11,12)13/h7-8,10,14H,2-6H2,1H3,(H,11,12,13). The molecule has 0 aromatic carbocycles. The maximum Gasteiger partial charge on any atom is 0.292 e. The van der Waals surface area contributed by atoms with Gasteiger partial charge in [0.1, 0.15) is 0 Å². The minimum absolute atomic E-state index is 0.150. The largest absolute Gasteiger partial charge is 0.375 e. The van der Waals surface area contributed by atoms with E-state index in [0.29, 0.717) is 14.2 Å². The molecule has 0 aliphatic carbocycles. The number of aliphatic hydroxyl groups is 1. The summed E-state index contributed by atoms with van der Waals surface area (Å²) in [5.41, 5.74) is -1.15. The molecule has 1 fully saturated rings. The van der Waals surface area contributed by atoms with Crippen LogP contribution >= 0.6 is 8.58 Å². The van der Waals surface area contributed by atoms with Crippen LogP contribution in [0.4, 0.5) is 0 Å². The summed E-state index contributed by atoms with van der Waals surface area (Å²) in [6.45, 7) is 2.04. The van der Waals surface area contributed by atoms with Crippen LogP contribution in [0.25, 0.3) is 0 Å². The first kappa shape index (κ1) is 13.3. The highest BCUT2D eigenvalue weighted by Gasteiger charge is 2.23. The van der Waals surface area contributed by atoms with Gasteiger partial charge in [0.2, 0.25) is 0 Å². The van der Waals surface area contributed by atoms with Crippen molar-refractivity contribution in [2.24, 2.45) is 0 Å². The van der Waals surface area contributed by atoms with Crippen LogP contribution in [0.1, 0.15) is 12.8 Å². The molecule has 0 aromatic rings. The number of rotatable bonds is 4. The van der Waals surface area contributed by atoms with Crippen LogP contribution in [0.5, 0.6) is 0 Å². The van der Waals surface area contributed by atoms with Gasteiger partial charge in [-0.1, -0.05) is 0 Å². The summed E-state index contributed by atoms with van der Waals surface area (Å²) in [4.78, 5) is 2.21. The van der Waals surface area contributed by atoms with Gasteiger partial charge in [-0.3, -0.25) is 4.55 Å². The smallest absolute Gasteiger partial charge is 0.292 e. The lowest BCUT2D eigenvalue weighted by atomic mass is 10.1. The van der Waals surface area contributed by atoms with Crippen molar-refractivity contribution in [3.63, 3.8) is 0 Å².